The van der Waals surface area contributed by atoms with Crippen molar-refractivity contribution in [3.8, 4) is 17.2 Å². The minimum absolute atomic E-state index is 0.0938. The van der Waals surface area contributed by atoms with Gasteiger partial charge in [-0.25, -0.2) is 0 Å². The van der Waals surface area contributed by atoms with Crippen molar-refractivity contribution < 1.29 is 19.5 Å². The fourth-order valence-corrected chi connectivity index (χ4v) is 4.67. The predicted octanol–water partition coefficient (Wildman–Crippen LogP) is 1.58. The molecule has 0 aliphatic carbocycles. The van der Waals surface area contributed by atoms with Crippen LogP contribution in [0.2, 0.25) is 0 Å². The zero-order chi connectivity index (χ0) is 24.8. The summed E-state index contributed by atoms with van der Waals surface area (Å²) in [4.78, 5) is 37.3. The summed E-state index contributed by atoms with van der Waals surface area (Å²) >= 11 is 0. The molecule has 1 atom stereocenters. The Morgan fingerprint density at radius 1 is 1.11 bits per heavy atom. The molecule has 2 aliphatic rings. The first-order valence-electron chi connectivity index (χ1n) is 11.7. The molecule has 1 N–H and O–H groups in total. The lowest BCUT2D eigenvalue weighted by Gasteiger charge is -2.37. The molecule has 2 aromatic carbocycles. The monoisotopic (exact) mass is 475 g/mol. The lowest BCUT2D eigenvalue weighted by Crippen LogP contribution is -2.54. The number of nitriles is 1. The van der Waals surface area contributed by atoms with Gasteiger partial charge in [-0.3, -0.25) is 14.5 Å². The molecule has 0 saturated carbocycles. The molecule has 0 unspecified atom stereocenters. The standard InChI is InChI=1S/C26H29N5O4/c1-35-28-22-16-24(26(34)30-12-10-29(11-13-30)14-15-32)31(18-22)25(33)20-8-6-19(7-9-20)23-5-3-2-4-21(23)17-27/h2-9,24,32H,10-16,18H2,1H3/b28-22-/t24-/m0/s1. The van der Waals surface area contributed by atoms with E-state index in [-0.39, 0.29) is 25.0 Å². The van der Waals surface area contributed by atoms with E-state index < -0.39 is 6.04 Å². The van der Waals surface area contributed by atoms with Gasteiger partial charge in [0.2, 0.25) is 5.91 Å². The van der Waals surface area contributed by atoms with E-state index in [2.05, 4.69) is 16.1 Å². The van der Waals surface area contributed by atoms with Crippen LogP contribution in [0.25, 0.3) is 11.1 Å². The van der Waals surface area contributed by atoms with Gasteiger partial charge in [-0.05, 0) is 29.3 Å². The number of carbonyl (C=O) groups is 2. The number of oxime groups is 1. The van der Waals surface area contributed by atoms with Gasteiger partial charge in [0.1, 0.15) is 13.2 Å². The summed E-state index contributed by atoms with van der Waals surface area (Å²) in [5.41, 5.74) is 3.33. The molecular formula is C26H29N5O4. The summed E-state index contributed by atoms with van der Waals surface area (Å²) in [6.45, 7) is 3.41. The first kappa shape index (κ1) is 24.4. The van der Waals surface area contributed by atoms with Gasteiger partial charge in [0, 0.05) is 44.7 Å². The number of aliphatic hydroxyl groups is 1. The van der Waals surface area contributed by atoms with Crippen molar-refractivity contribution in [2.75, 3.05) is 53.0 Å². The molecule has 2 aromatic rings. The number of benzene rings is 2. The third-order valence-corrected chi connectivity index (χ3v) is 6.51. The quantitative estimate of drug-likeness (QED) is 0.636. The van der Waals surface area contributed by atoms with Crippen LogP contribution < -0.4 is 0 Å². The normalized spacial score (nSPS) is 19.6. The molecule has 2 amide bonds. The Bertz CT molecular complexity index is 1130. The zero-order valence-corrected chi connectivity index (χ0v) is 19.8. The van der Waals surface area contributed by atoms with Crippen molar-refractivity contribution in [1.29, 1.82) is 5.26 Å². The predicted molar refractivity (Wildman–Crippen MR) is 131 cm³/mol. The minimum Gasteiger partial charge on any atom is -0.399 e. The number of nitrogens with zero attached hydrogens (tertiary/aromatic N) is 5. The highest BCUT2D eigenvalue weighted by molar-refractivity contribution is 6.05. The van der Waals surface area contributed by atoms with E-state index in [4.69, 9.17) is 9.94 Å². The Morgan fingerprint density at radius 2 is 1.83 bits per heavy atom. The maximum Gasteiger partial charge on any atom is 0.254 e. The van der Waals surface area contributed by atoms with E-state index in [0.717, 1.165) is 11.1 Å². The van der Waals surface area contributed by atoms with Crippen LogP contribution in [0.3, 0.4) is 0 Å². The lowest BCUT2D eigenvalue weighted by atomic mass is 9.99. The van der Waals surface area contributed by atoms with Gasteiger partial charge in [0.25, 0.3) is 5.91 Å². The fraction of sp³-hybridized carbons (Fsp3) is 0.385. The average Bonchev–Trinajstić information content (AvgIpc) is 3.32. The summed E-state index contributed by atoms with van der Waals surface area (Å²) in [7, 11) is 1.45. The molecule has 182 valence electrons. The van der Waals surface area contributed by atoms with E-state index in [0.29, 0.717) is 56.0 Å². The summed E-state index contributed by atoms with van der Waals surface area (Å²) in [5.74, 6) is -0.341. The highest BCUT2D eigenvalue weighted by Crippen LogP contribution is 2.26. The highest BCUT2D eigenvalue weighted by Gasteiger charge is 2.41. The second-order valence-corrected chi connectivity index (χ2v) is 8.62. The van der Waals surface area contributed by atoms with Crippen molar-refractivity contribution in [2.45, 2.75) is 12.5 Å². The maximum atomic E-state index is 13.5. The average molecular weight is 476 g/mol. The second-order valence-electron chi connectivity index (χ2n) is 8.62. The third kappa shape index (κ3) is 5.34. The van der Waals surface area contributed by atoms with Gasteiger partial charge in [0.05, 0.1) is 30.5 Å². The SMILES string of the molecule is CO/N=C1/C[C@@H](C(=O)N2CCN(CCO)CC2)N(C(=O)c2ccc(-c3ccccc3C#N)cc2)C1. The third-order valence-electron chi connectivity index (χ3n) is 6.51. The number of hydrogen-bond acceptors (Lipinski definition) is 7. The van der Waals surface area contributed by atoms with Crippen LogP contribution >= 0.6 is 0 Å². The van der Waals surface area contributed by atoms with Crippen molar-refractivity contribution in [3.05, 3.63) is 59.7 Å². The van der Waals surface area contributed by atoms with E-state index in [1.54, 1.807) is 28.0 Å². The summed E-state index contributed by atoms with van der Waals surface area (Å²) in [6.07, 6.45) is 0.336. The van der Waals surface area contributed by atoms with Gasteiger partial charge in [0.15, 0.2) is 0 Å². The van der Waals surface area contributed by atoms with E-state index in [1.807, 2.05) is 30.3 Å². The number of piperazine rings is 1. The van der Waals surface area contributed by atoms with Gasteiger partial charge in [-0.15, -0.1) is 0 Å². The number of rotatable bonds is 6. The summed E-state index contributed by atoms with van der Waals surface area (Å²) in [5, 5.41) is 22.6. The largest absolute Gasteiger partial charge is 0.399 e. The molecule has 2 fully saturated rings. The molecule has 0 spiro atoms. The van der Waals surface area contributed by atoms with Gasteiger partial charge < -0.3 is 19.7 Å². The Hall–Kier alpha value is -3.74. The summed E-state index contributed by atoms with van der Waals surface area (Å²) < 4.78 is 0. The molecule has 0 radical (unpaired) electrons. The zero-order valence-electron chi connectivity index (χ0n) is 19.8. The Kier molecular flexibility index (Phi) is 7.75. The highest BCUT2D eigenvalue weighted by atomic mass is 16.6. The first-order chi connectivity index (χ1) is 17.0. The smallest absolute Gasteiger partial charge is 0.254 e. The topological polar surface area (TPSA) is 109 Å². The Balaban J connectivity index is 1.52. The number of amides is 2. The van der Waals surface area contributed by atoms with Gasteiger partial charge in [-0.1, -0.05) is 35.5 Å². The van der Waals surface area contributed by atoms with Gasteiger partial charge >= 0.3 is 0 Å². The maximum absolute atomic E-state index is 13.5. The fourth-order valence-electron chi connectivity index (χ4n) is 4.67. The van der Waals surface area contributed by atoms with Crippen LogP contribution in [0.1, 0.15) is 22.3 Å². The molecule has 0 bridgehead atoms. The second kappa shape index (κ2) is 11.1. The van der Waals surface area contributed by atoms with Crippen LogP contribution in [0, 0.1) is 11.3 Å². The van der Waals surface area contributed by atoms with Crippen LogP contribution in [0.4, 0.5) is 0 Å². The lowest BCUT2D eigenvalue weighted by molar-refractivity contribution is -0.137. The number of hydrogen-bond donors (Lipinski definition) is 1. The van der Waals surface area contributed by atoms with E-state index in [9.17, 15) is 14.9 Å². The number of carbonyl (C=O) groups excluding carboxylic acids is 2. The number of β-amino-alcohol motifs (C(OH)–C–C–N with tert-alkyl or cyclic N) is 1. The van der Waals surface area contributed by atoms with Crippen molar-refractivity contribution in [2.24, 2.45) is 5.16 Å². The van der Waals surface area contributed by atoms with Crippen molar-refractivity contribution in [3.63, 3.8) is 0 Å². The number of likely N-dealkylation sites (tertiary alicyclic amines) is 1. The molecule has 0 aromatic heterocycles. The minimum atomic E-state index is -0.639. The van der Waals surface area contributed by atoms with Crippen molar-refractivity contribution >= 4 is 17.5 Å². The van der Waals surface area contributed by atoms with Gasteiger partial charge in [-0.2, -0.15) is 5.26 Å². The molecule has 2 aliphatic heterocycles. The van der Waals surface area contributed by atoms with Crippen molar-refractivity contribution in [1.82, 2.24) is 14.7 Å². The van der Waals surface area contributed by atoms with E-state index in [1.165, 1.54) is 7.11 Å². The van der Waals surface area contributed by atoms with Crippen LogP contribution in [-0.2, 0) is 9.63 Å². The first-order valence-corrected chi connectivity index (χ1v) is 11.7. The molecule has 9 heteroatoms. The molecule has 35 heavy (non-hydrogen) atoms. The Labute approximate surface area is 204 Å². The molecule has 9 nitrogen and oxygen atoms in total. The van der Waals surface area contributed by atoms with E-state index >= 15 is 0 Å². The number of aliphatic hydroxyl groups excluding tert-OH is 1. The van der Waals surface area contributed by atoms with Crippen LogP contribution in [0.15, 0.2) is 53.7 Å². The van der Waals surface area contributed by atoms with Crippen LogP contribution in [-0.4, -0.2) is 96.4 Å². The molecule has 4 rings (SSSR count). The molecule has 2 heterocycles. The molecular weight excluding hydrogens is 446 g/mol. The molecule has 2 saturated heterocycles. The Morgan fingerprint density at radius 3 is 2.49 bits per heavy atom. The summed E-state index contributed by atoms with van der Waals surface area (Å²) in [6, 6.07) is 16.0. The van der Waals surface area contributed by atoms with Crippen LogP contribution in [0.5, 0.6) is 0 Å².